The van der Waals surface area contributed by atoms with Crippen molar-refractivity contribution in [3.8, 4) is 0 Å². The van der Waals surface area contributed by atoms with Crippen molar-refractivity contribution >= 4 is 0 Å². The summed E-state index contributed by atoms with van der Waals surface area (Å²) in [5.74, 6) is 0.611. The van der Waals surface area contributed by atoms with Gasteiger partial charge in [0.15, 0.2) is 0 Å². The highest BCUT2D eigenvalue weighted by molar-refractivity contribution is 4.95. The number of furan rings is 1. The molecule has 0 bridgehead atoms. The Bertz CT molecular complexity index is 181. The van der Waals surface area contributed by atoms with E-state index < -0.39 is 0 Å². The first-order valence-corrected chi connectivity index (χ1v) is 2.77. The van der Waals surface area contributed by atoms with Gasteiger partial charge in [0.2, 0.25) is 0 Å². The maximum absolute atomic E-state index is 8.33. The third-order valence-corrected chi connectivity index (χ3v) is 0.736. The molecule has 1 heterocycles. The second kappa shape index (κ2) is 5.89. The number of aliphatic hydroxyl groups is 1. The molecule has 0 aromatic carbocycles. The van der Waals surface area contributed by atoms with Gasteiger partial charge < -0.3 is 9.52 Å². The largest absolute Gasteiger partial charge is 0.467 e. The molecular formula is C8H10O2. The van der Waals surface area contributed by atoms with E-state index >= 15 is 0 Å². The van der Waals surface area contributed by atoms with Crippen molar-refractivity contribution in [1.29, 1.82) is 0 Å². The van der Waals surface area contributed by atoms with Gasteiger partial charge in [-0.25, -0.2) is 0 Å². The molecule has 1 N–H and O–H groups in total. The molecule has 0 saturated heterocycles. The zero-order chi connectivity index (χ0) is 7.82. The van der Waals surface area contributed by atoms with Gasteiger partial charge in [-0.3, -0.25) is 0 Å². The van der Waals surface area contributed by atoms with Crippen molar-refractivity contribution in [2.45, 2.75) is 6.61 Å². The summed E-state index contributed by atoms with van der Waals surface area (Å²) >= 11 is 0. The summed E-state index contributed by atoms with van der Waals surface area (Å²) in [5, 5.41) is 8.33. The lowest BCUT2D eigenvalue weighted by Gasteiger charge is -1.79. The highest BCUT2D eigenvalue weighted by Gasteiger charge is 1.85. The summed E-state index contributed by atoms with van der Waals surface area (Å²) in [6.45, 7) is 6.24. The van der Waals surface area contributed by atoms with Crippen LogP contribution < -0.4 is 0 Å². The molecule has 0 fully saturated rings. The number of rotatable bonds is 1. The minimum absolute atomic E-state index is 0.00694. The van der Waals surface area contributed by atoms with Crippen LogP contribution in [-0.4, -0.2) is 5.11 Å². The van der Waals surface area contributed by atoms with Gasteiger partial charge in [0.1, 0.15) is 12.4 Å². The Labute approximate surface area is 60.1 Å². The van der Waals surface area contributed by atoms with E-state index in [9.17, 15) is 0 Å². The van der Waals surface area contributed by atoms with E-state index in [1.165, 1.54) is 6.26 Å². The second-order valence-corrected chi connectivity index (χ2v) is 1.49. The van der Waals surface area contributed by atoms with Crippen molar-refractivity contribution in [3.63, 3.8) is 0 Å². The lowest BCUT2D eigenvalue weighted by atomic mass is 10.5. The first-order chi connectivity index (χ1) is 4.85. The van der Waals surface area contributed by atoms with Gasteiger partial charge in [0.05, 0.1) is 6.26 Å². The molecule has 0 aliphatic rings. The van der Waals surface area contributed by atoms with E-state index in [0.717, 1.165) is 0 Å². The van der Waals surface area contributed by atoms with Crippen LogP contribution in [0.15, 0.2) is 41.7 Å². The van der Waals surface area contributed by atoms with Crippen LogP contribution in [0.25, 0.3) is 0 Å². The Morgan fingerprint density at radius 1 is 1.60 bits per heavy atom. The molecule has 0 unspecified atom stereocenters. The number of hydrogen-bond acceptors (Lipinski definition) is 2. The molecule has 0 atom stereocenters. The van der Waals surface area contributed by atoms with Crippen LogP contribution in [0.1, 0.15) is 5.76 Å². The van der Waals surface area contributed by atoms with Crippen LogP contribution >= 0.6 is 0 Å². The summed E-state index contributed by atoms with van der Waals surface area (Å²) in [6.07, 6.45) is 1.53. The van der Waals surface area contributed by atoms with Crippen LogP contribution in [0.3, 0.4) is 0 Å². The summed E-state index contributed by atoms with van der Waals surface area (Å²) in [5.41, 5.74) is 2.25. The molecule has 0 aliphatic carbocycles. The molecule has 2 heteroatoms. The first-order valence-electron chi connectivity index (χ1n) is 2.77. The van der Waals surface area contributed by atoms with Crippen LogP contribution in [0.2, 0.25) is 0 Å². The van der Waals surface area contributed by atoms with Crippen molar-refractivity contribution in [1.82, 2.24) is 0 Å². The van der Waals surface area contributed by atoms with E-state index in [-0.39, 0.29) is 6.61 Å². The minimum atomic E-state index is -0.00694. The summed E-state index contributed by atoms with van der Waals surface area (Å²) in [6, 6.07) is 3.46. The fourth-order valence-corrected chi connectivity index (χ4v) is 0.403. The van der Waals surface area contributed by atoms with Crippen molar-refractivity contribution in [3.05, 3.63) is 43.0 Å². The van der Waals surface area contributed by atoms with Gasteiger partial charge in [-0.2, -0.15) is 0 Å². The SMILES string of the molecule is C=C=C.OCc1ccco1. The Kier molecular flexibility index (Phi) is 5.16. The summed E-state index contributed by atoms with van der Waals surface area (Å²) < 4.78 is 4.73. The maximum Gasteiger partial charge on any atom is 0.129 e. The molecule has 0 aliphatic heterocycles. The van der Waals surface area contributed by atoms with Gasteiger partial charge in [-0.1, -0.05) is 13.2 Å². The van der Waals surface area contributed by atoms with Crippen molar-refractivity contribution < 1.29 is 9.52 Å². The lowest BCUT2D eigenvalue weighted by molar-refractivity contribution is 0.247. The molecule has 0 spiro atoms. The average molecular weight is 138 g/mol. The van der Waals surface area contributed by atoms with Crippen LogP contribution in [0.4, 0.5) is 0 Å². The smallest absolute Gasteiger partial charge is 0.129 e. The molecule has 10 heavy (non-hydrogen) atoms. The van der Waals surface area contributed by atoms with Crippen molar-refractivity contribution in [2.24, 2.45) is 0 Å². The topological polar surface area (TPSA) is 33.4 Å². The molecule has 1 aromatic heterocycles. The molecule has 0 amide bonds. The number of aliphatic hydroxyl groups excluding tert-OH is 1. The van der Waals surface area contributed by atoms with Gasteiger partial charge in [0, 0.05) is 0 Å². The van der Waals surface area contributed by atoms with Crippen LogP contribution in [-0.2, 0) is 6.61 Å². The fourth-order valence-electron chi connectivity index (χ4n) is 0.403. The van der Waals surface area contributed by atoms with E-state index in [4.69, 9.17) is 9.52 Å². The maximum atomic E-state index is 8.33. The Morgan fingerprint density at radius 2 is 2.20 bits per heavy atom. The minimum Gasteiger partial charge on any atom is -0.467 e. The Hall–Kier alpha value is -1.24. The van der Waals surface area contributed by atoms with E-state index in [0.29, 0.717) is 5.76 Å². The van der Waals surface area contributed by atoms with Gasteiger partial charge in [-0.15, -0.1) is 5.73 Å². The van der Waals surface area contributed by atoms with Crippen molar-refractivity contribution in [2.75, 3.05) is 0 Å². The summed E-state index contributed by atoms with van der Waals surface area (Å²) in [4.78, 5) is 0. The highest BCUT2D eigenvalue weighted by atomic mass is 16.4. The molecule has 1 rings (SSSR count). The fraction of sp³-hybridized carbons (Fsp3) is 0.125. The zero-order valence-corrected chi connectivity index (χ0v) is 5.71. The number of hydrogen-bond donors (Lipinski definition) is 1. The monoisotopic (exact) mass is 138 g/mol. The Morgan fingerprint density at radius 3 is 2.40 bits per heavy atom. The van der Waals surface area contributed by atoms with E-state index in [1.54, 1.807) is 12.1 Å². The zero-order valence-electron chi connectivity index (χ0n) is 5.71. The highest BCUT2D eigenvalue weighted by Crippen LogP contribution is 1.96. The second-order valence-electron chi connectivity index (χ2n) is 1.49. The third kappa shape index (κ3) is 3.72. The average Bonchev–Trinajstić information content (AvgIpc) is 2.39. The molecule has 1 aromatic rings. The standard InChI is InChI=1S/C5H6O2.C3H4/c6-4-5-2-1-3-7-5;1-3-2/h1-3,6H,4H2;1-2H2. The lowest BCUT2D eigenvalue weighted by Crippen LogP contribution is -1.72. The normalized spacial score (nSPS) is 7.30. The van der Waals surface area contributed by atoms with Crippen LogP contribution in [0, 0.1) is 0 Å². The van der Waals surface area contributed by atoms with E-state index in [1.807, 2.05) is 0 Å². The predicted octanol–water partition coefficient (Wildman–Crippen LogP) is 1.73. The predicted molar refractivity (Wildman–Crippen MR) is 39.4 cm³/mol. The molecule has 2 nitrogen and oxygen atoms in total. The molecule has 0 radical (unpaired) electrons. The Balaban J connectivity index is 0.000000236. The van der Waals surface area contributed by atoms with E-state index in [2.05, 4.69) is 18.9 Å². The third-order valence-electron chi connectivity index (χ3n) is 0.736. The van der Waals surface area contributed by atoms with Gasteiger partial charge in [0.25, 0.3) is 0 Å². The molecule has 0 saturated carbocycles. The van der Waals surface area contributed by atoms with Crippen LogP contribution in [0.5, 0.6) is 0 Å². The quantitative estimate of drug-likeness (QED) is 0.599. The first kappa shape index (κ1) is 8.76. The summed E-state index contributed by atoms with van der Waals surface area (Å²) in [7, 11) is 0. The molecular weight excluding hydrogens is 128 g/mol. The van der Waals surface area contributed by atoms with Gasteiger partial charge in [-0.05, 0) is 12.1 Å². The molecule has 54 valence electrons. The van der Waals surface area contributed by atoms with Gasteiger partial charge >= 0.3 is 0 Å².